The average Bonchev–Trinajstić information content (AvgIpc) is 2.82. The number of ether oxygens (including phenoxy) is 2. The highest BCUT2D eigenvalue weighted by atomic mass is 16.5. The van der Waals surface area contributed by atoms with Gasteiger partial charge in [0.2, 0.25) is 5.88 Å². The largest absolute Gasteiger partial charge is 0.493 e. The van der Waals surface area contributed by atoms with E-state index < -0.39 is 0 Å². The lowest BCUT2D eigenvalue weighted by Crippen LogP contribution is -2.06. The van der Waals surface area contributed by atoms with Gasteiger partial charge in [0.15, 0.2) is 0 Å². The molecule has 1 aromatic carbocycles. The van der Waals surface area contributed by atoms with Crippen LogP contribution in [0.3, 0.4) is 0 Å². The molecule has 7 nitrogen and oxygen atoms in total. The van der Waals surface area contributed by atoms with Gasteiger partial charge in [0.25, 0.3) is 0 Å². The summed E-state index contributed by atoms with van der Waals surface area (Å²) in [6.45, 7) is 1.05. The second kappa shape index (κ2) is 8.82. The van der Waals surface area contributed by atoms with E-state index in [-0.39, 0.29) is 0 Å². The quantitative estimate of drug-likeness (QED) is 0.440. The highest BCUT2D eigenvalue weighted by molar-refractivity contribution is 5.96. The number of nitrogens with one attached hydrogen (secondary N) is 2. The lowest BCUT2D eigenvalue weighted by atomic mass is 10.1. The molecule has 0 spiro atoms. The summed E-state index contributed by atoms with van der Waals surface area (Å²) < 4.78 is 11.6. The number of hydrogen-bond acceptors (Lipinski definition) is 7. The van der Waals surface area contributed by atoms with Crippen molar-refractivity contribution in [2.75, 3.05) is 30.9 Å². The maximum absolute atomic E-state index is 5.86. The molecule has 2 N–H and O–H groups in total. The molecule has 1 aliphatic heterocycles. The number of fused-ring (bicyclic) bond motifs is 5. The maximum Gasteiger partial charge on any atom is 0.215 e. The summed E-state index contributed by atoms with van der Waals surface area (Å²) >= 11 is 0. The lowest BCUT2D eigenvalue weighted by molar-refractivity contribution is 0.242. The molecule has 0 aliphatic carbocycles. The van der Waals surface area contributed by atoms with Crippen molar-refractivity contribution in [3.63, 3.8) is 0 Å². The van der Waals surface area contributed by atoms with Crippen molar-refractivity contribution >= 4 is 28.2 Å². The van der Waals surface area contributed by atoms with Crippen LogP contribution in [0.1, 0.15) is 17.5 Å². The van der Waals surface area contributed by atoms with E-state index in [1.165, 1.54) is 0 Å². The Bertz CT molecular complexity index is 1340. The molecular weight excluding hydrogens is 402 g/mol. The zero-order valence-electron chi connectivity index (χ0n) is 17.6. The summed E-state index contributed by atoms with van der Waals surface area (Å²) in [5.74, 6) is 9.88. The Morgan fingerprint density at radius 2 is 1.81 bits per heavy atom. The van der Waals surface area contributed by atoms with Crippen molar-refractivity contribution in [3.05, 3.63) is 72.1 Å². The molecule has 0 saturated carbocycles. The molecule has 0 radical (unpaired) electrons. The number of benzene rings is 1. The van der Waals surface area contributed by atoms with Crippen LogP contribution in [0.4, 0.5) is 17.5 Å². The Balaban J connectivity index is 1.63. The highest BCUT2D eigenvalue weighted by Crippen LogP contribution is 2.27. The number of nitrogens with zero attached hydrogens (tertiary/aromatic N) is 3. The Morgan fingerprint density at radius 1 is 0.906 bits per heavy atom. The van der Waals surface area contributed by atoms with Gasteiger partial charge in [0.1, 0.15) is 23.2 Å². The topological polar surface area (TPSA) is 81.2 Å². The molecule has 0 atom stereocenters. The summed E-state index contributed by atoms with van der Waals surface area (Å²) in [5.41, 5.74) is 1.68. The molecule has 0 unspecified atom stereocenters. The standard InChI is InChI=1S/C25H21N5O2/c1-26-25-21-16-27-23-14-20(21)18(15-28-25)10-9-17-5-2-6-19(13-17)31-11-4-12-32-24-8-3-7-22(29-23)30-24/h2-3,5-8,13-16H,4,11-12H2,1H3,(H,26,28)(H,27,29,30). The van der Waals surface area contributed by atoms with E-state index in [0.29, 0.717) is 30.7 Å². The minimum atomic E-state index is 0.507. The third kappa shape index (κ3) is 4.25. The van der Waals surface area contributed by atoms with Crippen molar-refractivity contribution in [3.8, 4) is 23.5 Å². The third-order valence-electron chi connectivity index (χ3n) is 4.97. The summed E-state index contributed by atoms with van der Waals surface area (Å²) in [6, 6.07) is 15.3. The molecule has 3 aromatic heterocycles. The van der Waals surface area contributed by atoms with Crippen molar-refractivity contribution in [2.45, 2.75) is 6.42 Å². The molecule has 0 amide bonds. The van der Waals surface area contributed by atoms with E-state index >= 15 is 0 Å². The first-order chi connectivity index (χ1) is 15.8. The molecular formula is C25H21N5O2. The normalized spacial score (nSPS) is 12.9. The van der Waals surface area contributed by atoms with Gasteiger partial charge in [-0.1, -0.05) is 24.0 Å². The zero-order chi connectivity index (χ0) is 21.8. The monoisotopic (exact) mass is 423 g/mol. The first-order valence-corrected chi connectivity index (χ1v) is 10.4. The average molecular weight is 423 g/mol. The van der Waals surface area contributed by atoms with Gasteiger partial charge in [-0.15, -0.1) is 0 Å². The fraction of sp³-hybridized carbons (Fsp3) is 0.160. The van der Waals surface area contributed by atoms with E-state index in [9.17, 15) is 0 Å². The van der Waals surface area contributed by atoms with Crippen molar-refractivity contribution < 1.29 is 9.47 Å². The SMILES string of the molecule is CNc1ncc2c3cc(ncc13)Nc1cccc(n1)OCCCOc1cccc(c1)C#C2. The van der Waals surface area contributed by atoms with E-state index in [1.807, 2.05) is 55.6 Å². The zero-order valence-corrected chi connectivity index (χ0v) is 17.6. The second-order valence-corrected chi connectivity index (χ2v) is 7.20. The van der Waals surface area contributed by atoms with E-state index in [0.717, 1.165) is 39.9 Å². The fourth-order valence-electron chi connectivity index (χ4n) is 3.43. The molecule has 4 aromatic rings. The third-order valence-corrected chi connectivity index (χ3v) is 4.97. The van der Waals surface area contributed by atoms with Crippen LogP contribution in [0.15, 0.2) is 60.9 Å². The van der Waals surface area contributed by atoms with Crippen LogP contribution in [-0.2, 0) is 0 Å². The first kappa shape index (κ1) is 19.6. The fourth-order valence-corrected chi connectivity index (χ4v) is 3.43. The van der Waals surface area contributed by atoms with Crippen LogP contribution in [0.2, 0.25) is 0 Å². The molecule has 32 heavy (non-hydrogen) atoms. The van der Waals surface area contributed by atoms with Crippen LogP contribution in [0.25, 0.3) is 10.8 Å². The van der Waals surface area contributed by atoms with Crippen molar-refractivity contribution in [1.82, 2.24) is 15.0 Å². The number of anilines is 3. The minimum absolute atomic E-state index is 0.507. The van der Waals surface area contributed by atoms with Gasteiger partial charge in [-0.2, -0.15) is 4.98 Å². The number of rotatable bonds is 1. The predicted molar refractivity (Wildman–Crippen MR) is 125 cm³/mol. The van der Waals surface area contributed by atoms with Gasteiger partial charge in [-0.25, -0.2) is 9.97 Å². The van der Waals surface area contributed by atoms with Crippen LogP contribution in [0, 0.1) is 11.8 Å². The predicted octanol–water partition coefficient (Wildman–Crippen LogP) is 4.37. The number of hydrogen-bond donors (Lipinski definition) is 2. The number of aromatic nitrogens is 3. The molecule has 6 bridgehead atoms. The Kier molecular flexibility index (Phi) is 5.41. The first-order valence-electron chi connectivity index (χ1n) is 10.4. The van der Waals surface area contributed by atoms with Crippen LogP contribution in [-0.4, -0.2) is 35.2 Å². The summed E-state index contributed by atoms with van der Waals surface area (Å²) in [6.07, 6.45) is 4.30. The summed E-state index contributed by atoms with van der Waals surface area (Å²) in [5, 5.41) is 8.21. The molecule has 1 aliphatic rings. The molecule has 158 valence electrons. The second-order valence-electron chi connectivity index (χ2n) is 7.20. The lowest BCUT2D eigenvalue weighted by Gasteiger charge is -2.11. The smallest absolute Gasteiger partial charge is 0.215 e. The summed E-state index contributed by atoms with van der Waals surface area (Å²) in [4.78, 5) is 13.6. The highest BCUT2D eigenvalue weighted by Gasteiger charge is 2.09. The van der Waals surface area contributed by atoms with Gasteiger partial charge < -0.3 is 20.1 Å². The van der Waals surface area contributed by atoms with Gasteiger partial charge in [-0.3, -0.25) is 0 Å². The van der Waals surface area contributed by atoms with Crippen molar-refractivity contribution in [1.29, 1.82) is 0 Å². The molecule has 7 heteroatoms. The Morgan fingerprint density at radius 3 is 2.75 bits per heavy atom. The minimum Gasteiger partial charge on any atom is -0.493 e. The molecule has 4 heterocycles. The van der Waals surface area contributed by atoms with E-state index in [4.69, 9.17) is 9.47 Å². The summed E-state index contributed by atoms with van der Waals surface area (Å²) in [7, 11) is 1.84. The van der Waals surface area contributed by atoms with Crippen LogP contribution < -0.4 is 20.1 Å². The van der Waals surface area contributed by atoms with Gasteiger partial charge >= 0.3 is 0 Å². The molecule has 5 rings (SSSR count). The van der Waals surface area contributed by atoms with Crippen LogP contribution >= 0.6 is 0 Å². The Labute approximate surface area is 185 Å². The van der Waals surface area contributed by atoms with Gasteiger partial charge in [0, 0.05) is 48.3 Å². The van der Waals surface area contributed by atoms with Gasteiger partial charge in [-0.05, 0) is 30.3 Å². The molecule has 0 saturated heterocycles. The van der Waals surface area contributed by atoms with Crippen molar-refractivity contribution in [2.24, 2.45) is 0 Å². The van der Waals surface area contributed by atoms with E-state index in [1.54, 1.807) is 12.4 Å². The Hall–Kier alpha value is -4.31. The number of pyridine rings is 3. The van der Waals surface area contributed by atoms with Crippen LogP contribution in [0.5, 0.6) is 11.6 Å². The maximum atomic E-state index is 5.86. The molecule has 0 fully saturated rings. The van der Waals surface area contributed by atoms with E-state index in [2.05, 4.69) is 37.4 Å². The van der Waals surface area contributed by atoms with Gasteiger partial charge in [0.05, 0.1) is 18.8 Å².